The number of imidazole rings is 1. The minimum Gasteiger partial charge on any atom is -0.345 e. The summed E-state index contributed by atoms with van der Waals surface area (Å²) >= 11 is 0. The van der Waals surface area contributed by atoms with Gasteiger partial charge < -0.3 is 14.5 Å². The highest BCUT2D eigenvalue weighted by atomic mass is 16.2. The largest absolute Gasteiger partial charge is 0.345 e. The van der Waals surface area contributed by atoms with E-state index in [4.69, 9.17) is 0 Å². The number of aromatic nitrogens is 4. The zero-order chi connectivity index (χ0) is 16.5. The number of carbonyl (C=O) groups is 1. The predicted octanol–water partition coefficient (Wildman–Crippen LogP) is 2.80. The van der Waals surface area contributed by atoms with Crippen molar-refractivity contribution in [1.29, 1.82) is 0 Å². The SMILES string of the molecule is CCc1nccn1C1CCCN(C(=O)c2c[nH]c3ncccc23)C1. The second kappa shape index (κ2) is 6.11. The monoisotopic (exact) mass is 323 g/mol. The lowest BCUT2D eigenvalue weighted by Gasteiger charge is -2.34. The van der Waals surface area contributed by atoms with E-state index in [0.717, 1.165) is 49.2 Å². The first-order valence-corrected chi connectivity index (χ1v) is 8.51. The fourth-order valence-corrected chi connectivity index (χ4v) is 3.62. The number of piperidine rings is 1. The number of aryl methyl sites for hydroxylation is 1. The Kier molecular flexibility index (Phi) is 3.80. The molecular formula is C18H21N5O. The van der Waals surface area contributed by atoms with Gasteiger partial charge in [-0.1, -0.05) is 6.92 Å². The predicted molar refractivity (Wildman–Crippen MR) is 91.9 cm³/mol. The molecular weight excluding hydrogens is 302 g/mol. The molecule has 0 radical (unpaired) electrons. The van der Waals surface area contributed by atoms with Gasteiger partial charge in [-0.25, -0.2) is 9.97 Å². The molecule has 0 saturated carbocycles. The fraction of sp³-hybridized carbons (Fsp3) is 0.389. The first-order chi connectivity index (χ1) is 11.8. The Hall–Kier alpha value is -2.63. The van der Waals surface area contributed by atoms with Crippen LogP contribution < -0.4 is 0 Å². The van der Waals surface area contributed by atoms with Crippen LogP contribution in [-0.4, -0.2) is 43.4 Å². The Balaban J connectivity index is 1.59. The molecule has 3 aromatic heterocycles. The molecule has 4 heterocycles. The van der Waals surface area contributed by atoms with Crippen molar-refractivity contribution in [2.75, 3.05) is 13.1 Å². The van der Waals surface area contributed by atoms with Crippen LogP contribution in [0.3, 0.4) is 0 Å². The van der Waals surface area contributed by atoms with Gasteiger partial charge in [0, 0.05) is 49.7 Å². The molecule has 24 heavy (non-hydrogen) atoms. The molecule has 4 rings (SSSR count). The van der Waals surface area contributed by atoms with Crippen LogP contribution in [0.15, 0.2) is 36.9 Å². The van der Waals surface area contributed by atoms with Crippen molar-refractivity contribution in [3.05, 3.63) is 48.3 Å². The normalized spacial score (nSPS) is 18.2. The van der Waals surface area contributed by atoms with Gasteiger partial charge in [-0.2, -0.15) is 0 Å². The summed E-state index contributed by atoms with van der Waals surface area (Å²) in [4.78, 5) is 26.7. The van der Waals surface area contributed by atoms with Crippen LogP contribution in [-0.2, 0) is 6.42 Å². The summed E-state index contributed by atoms with van der Waals surface area (Å²) in [6, 6.07) is 4.12. The first kappa shape index (κ1) is 14.9. The average molecular weight is 323 g/mol. The second-order valence-corrected chi connectivity index (χ2v) is 6.25. The maximum Gasteiger partial charge on any atom is 0.256 e. The van der Waals surface area contributed by atoms with Crippen LogP contribution in [0.1, 0.15) is 42.0 Å². The molecule has 1 aliphatic heterocycles. The number of hydrogen-bond acceptors (Lipinski definition) is 3. The quantitative estimate of drug-likeness (QED) is 0.806. The van der Waals surface area contributed by atoms with E-state index in [0.29, 0.717) is 11.6 Å². The number of H-pyrrole nitrogens is 1. The van der Waals surface area contributed by atoms with Gasteiger partial charge in [0.25, 0.3) is 5.91 Å². The van der Waals surface area contributed by atoms with E-state index in [2.05, 4.69) is 26.4 Å². The van der Waals surface area contributed by atoms with E-state index in [1.165, 1.54) is 0 Å². The molecule has 1 fully saturated rings. The number of carbonyl (C=O) groups excluding carboxylic acids is 1. The Morgan fingerprint density at radius 3 is 3.17 bits per heavy atom. The third kappa shape index (κ3) is 2.48. The first-order valence-electron chi connectivity index (χ1n) is 8.51. The maximum absolute atomic E-state index is 13.0. The van der Waals surface area contributed by atoms with Gasteiger partial charge in [-0.3, -0.25) is 4.79 Å². The zero-order valence-corrected chi connectivity index (χ0v) is 13.8. The number of rotatable bonds is 3. The van der Waals surface area contributed by atoms with Crippen molar-refractivity contribution in [2.45, 2.75) is 32.2 Å². The molecule has 0 aromatic carbocycles. The van der Waals surface area contributed by atoms with Gasteiger partial charge in [-0.05, 0) is 25.0 Å². The molecule has 1 N–H and O–H groups in total. The van der Waals surface area contributed by atoms with E-state index in [1.54, 1.807) is 12.4 Å². The van der Waals surface area contributed by atoms with Crippen LogP contribution in [0.5, 0.6) is 0 Å². The van der Waals surface area contributed by atoms with E-state index in [-0.39, 0.29) is 5.91 Å². The molecule has 0 bridgehead atoms. The number of nitrogens with one attached hydrogen (secondary N) is 1. The summed E-state index contributed by atoms with van der Waals surface area (Å²) in [6.45, 7) is 3.65. The molecule has 1 aliphatic rings. The number of pyridine rings is 1. The molecule has 124 valence electrons. The van der Waals surface area contributed by atoms with Crippen LogP contribution in [0.4, 0.5) is 0 Å². The van der Waals surface area contributed by atoms with Crippen LogP contribution in [0.2, 0.25) is 0 Å². The molecule has 0 aliphatic carbocycles. The average Bonchev–Trinajstić information content (AvgIpc) is 3.28. The molecule has 1 saturated heterocycles. The van der Waals surface area contributed by atoms with Gasteiger partial charge in [-0.15, -0.1) is 0 Å². The number of fused-ring (bicyclic) bond motifs is 1. The van der Waals surface area contributed by atoms with Crippen molar-refractivity contribution in [3.63, 3.8) is 0 Å². The standard InChI is InChI=1S/C18H21N5O/c1-2-16-19-8-10-23(16)13-5-4-9-22(12-13)18(24)15-11-21-17-14(15)6-3-7-20-17/h3,6-8,10-11,13H,2,4-5,9,12H2,1H3,(H,20,21). The molecule has 0 spiro atoms. The minimum atomic E-state index is 0.0807. The summed E-state index contributed by atoms with van der Waals surface area (Å²) in [5.74, 6) is 1.17. The summed E-state index contributed by atoms with van der Waals surface area (Å²) in [6.07, 6.45) is 10.4. The Morgan fingerprint density at radius 2 is 2.29 bits per heavy atom. The van der Waals surface area contributed by atoms with E-state index in [1.807, 2.05) is 29.4 Å². The summed E-state index contributed by atoms with van der Waals surface area (Å²) in [5.41, 5.74) is 1.47. The highest BCUT2D eigenvalue weighted by molar-refractivity contribution is 6.05. The Morgan fingerprint density at radius 1 is 1.38 bits per heavy atom. The third-order valence-electron chi connectivity index (χ3n) is 4.82. The maximum atomic E-state index is 13.0. The molecule has 6 nitrogen and oxygen atoms in total. The molecule has 1 unspecified atom stereocenters. The summed E-state index contributed by atoms with van der Waals surface area (Å²) < 4.78 is 2.23. The van der Waals surface area contributed by atoms with Gasteiger partial charge in [0.1, 0.15) is 11.5 Å². The van der Waals surface area contributed by atoms with Crippen molar-refractivity contribution in [3.8, 4) is 0 Å². The Labute approximate surface area is 140 Å². The number of likely N-dealkylation sites (tertiary alicyclic amines) is 1. The molecule has 6 heteroatoms. The topological polar surface area (TPSA) is 66.8 Å². The van der Waals surface area contributed by atoms with E-state index >= 15 is 0 Å². The highest BCUT2D eigenvalue weighted by Crippen LogP contribution is 2.26. The fourth-order valence-electron chi connectivity index (χ4n) is 3.62. The van der Waals surface area contributed by atoms with Gasteiger partial charge >= 0.3 is 0 Å². The lowest BCUT2D eigenvalue weighted by atomic mass is 10.0. The number of nitrogens with zero attached hydrogens (tertiary/aromatic N) is 4. The number of amides is 1. The van der Waals surface area contributed by atoms with Crippen LogP contribution in [0, 0.1) is 0 Å². The third-order valence-corrected chi connectivity index (χ3v) is 4.82. The van der Waals surface area contributed by atoms with Crippen LogP contribution in [0.25, 0.3) is 11.0 Å². The van der Waals surface area contributed by atoms with E-state index in [9.17, 15) is 4.79 Å². The minimum absolute atomic E-state index is 0.0807. The van der Waals surface area contributed by atoms with Crippen molar-refractivity contribution in [2.24, 2.45) is 0 Å². The number of hydrogen-bond donors (Lipinski definition) is 1. The van der Waals surface area contributed by atoms with E-state index < -0.39 is 0 Å². The smallest absolute Gasteiger partial charge is 0.256 e. The summed E-state index contributed by atoms with van der Waals surface area (Å²) in [7, 11) is 0. The molecule has 1 atom stereocenters. The number of aromatic amines is 1. The van der Waals surface area contributed by atoms with Gasteiger partial charge in [0.05, 0.1) is 11.6 Å². The van der Waals surface area contributed by atoms with Crippen LogP contribution >= 0.6 is 0 Å². The van der Waals surface area contributed by atoms with Crippen molar-refractivity contribution >= 4 is 16.9 Å². The lowest BCUT2D eigenvalue weighted by molar-refractivity contribution is 0.0680. The van der Waals surface area contributed by atoms with Gasteiger partial charge in [0.15, 0.2) is 0 Å². The molecule has 1 amide bonds. The van der Waals surface area contributed by atoms with Crippen molar-refractivity contribution < 1.29 is 4.79 Å². The van der Waals surface area contributed by atoms with Crippen molar-refractivity contribution in [1.82, 2.24) is 24.4 Å². The zero-order valence-electron chi connectivity index (χ0n) is 13.8. The Bertz CT molecular complexity index is 865. The molecule has 3 aromatic rings. The second-order valence-electron chi connectivity index (χ2n) is 6.25. The van der Waals surface area contributed by atoms with Gasteiger partial charge in [0.2, 0.25) is 0 Å². The highest BCUT2D eigenvalue weighted by Gasteiger charge is 2.27. The summed E-state index contributed by atoms with van der Waals surface area (Å²) in [5, 5.41) is 0.890. The lowest BCUT2D eigenvalue weighted by Crippen LogP contribution is -2.40.